The van der Waals surface area contributed by atoms with Crippen molar-refractivity contribution in [3.63, 3.8) is 0 Å². The number of fused-ring (bicyclic) bond motifs is 2. The van der Waals surface area contributed by atoms with Crippen LogP contribution in [0.3, 0.4) is 0 Å². The van der Waals surface area contributed by atoms with E-state index >= 15 is 0 Å². The predicted octanol–water partition coefficient (Wildman–Crippen LogP) is 3.93. The van der Waals surface area contributed by atoms with E-state index in [4.69, 9.17) is 0 Å². The van der Waals surface area contributed by atoms with Crippen molar-refractivity contribution in [3.8, 4) is 0 Å². The lowest BCUT2D eigenvalue weighted by molar-refractivity contribution is 0.480. The first-order valence-corrected chi connectivity index (χ1v) is 7.91. The zero-order chi connectivity index (χ0) is 13.5. The van der Waals surface area contributed by atoms with Gasteiger partial charge in [0.15, 0.2) is 0 Å². The minimum absolute atomic E-state index is 0.496. The van der Waals surface area contributed by atoms with Gasteiger partial charge in [-0.1, -0.05) is 31.0 Å². The third kappa shape index (κ3) is 1.86. The van der Waals surface area contributed by atoms with Crippen LogP contribution in [0.15, 0.2) is 36.5 Å². The molecular weight excluding hydrogens is 244 g/mol. The first-order chi connectivity index (χ1) is 9.90. The Morgan fingerprint density at radius 3 is 2.65 bits per heavy atom. The van der Waals surface area contributed by atoms with Gasteiger partial charge in [-0.15, -0.1) is 0 Å². The molecule has 0 spiro atoms. The lowest BCUT2D eigenvalue weighted by atomic mass is 9.96. The first kappa shape index (κ1) is 12.3. The van der Waals surface area contributed by atoms with Gasteiger partial charge >= 0.3 is 0 Å². The van der Waals surface area contributed by atoms with Crippen LogP contribution in [0, 0.1) is 17.8 Å². The Bertz CT molecular complexity index is 604. The van der Waals surface area contributed by atoms with Crippen LogP contribution >= 0.6 is 0 Å². The molecule has 2 aliphatic carbocycles. The van der Waals surface area contributed by atoms with Crippen molar-refractivity contribution in [1.82, 2.24) is 10.3 Å². The zero-order valence-corrected chi connectivity index (χ0v) is 12.0. The smallest absolute Gasteiger partial charge is 0.0705 e. The maximum atomic E-state index is 4.50. The minimum Gasteiger partial charge on any atom is -0.313 e. The van der Waals surface area contributed by atoms with Gasteiger partial charge in [0.25, 0.3) is 0 Å². The van der Waals surface area contributed by atoms with Crippen molar-refractivity contribution in [2.24, 2.45) is 17.8 Å². The van der Waals surface area contributed by atoms with Gasteiger partial charge in [-0.3, -0.25) is 4.98 Å². The Labute approximate surface area is 120 Å². The fourth-order valence-electron chi connectivity index (χ4n) is 4.50. The lowest BCUT2D eigenvalue weighted by Gasteiger charge is -2.19. The third-order valence-electron chi connectivity index (χ3n) is 5.43. The fourth-order valence-corrected chi connectivity index (χ4v) is 4.50. The molecule has 0 radical (unpaired) electrons. The molecule has 0 saturated heterocycles. The molecule has 0 aliphatic heterocycles. The van der Waals surface area contributed by atoms with E-state index in [1.807, 2.05) is 6.20 Å². The number of rotatable bonds is 3. The number of nitrogens with one attached hydrogen (secondary N) is 1. The highest BCUT2D eigenvalue weighted by molar-refractivity contribution is 5.82. The normalized spacial score (nSPS) is 29.9. The maximum Gasteiger partial charge on any atom is 0.0705 e. The molecule has 0 amide bonds. The van der Waals surface area contributed by atoms with E-state index in [1.54, 1.807) is 0 Å². The van der Waals surface area contributed by atoms with E-state index in [2.05, 4.69) is 47.7 Å². The second-order valence-electron chi connectivity index (χ2n) is 6.37. The van der Waals surface area contributed by atoms with Crippen LogP contribution in [0.1, 0.15) is 37.3 Å². The highest BCUT2D eigenvalue weighted by Crippen LogP contribution is 2.60. The Kier molecular flexibility index (Phi) is 2.99. The van der Waals surface area contributed by atoms with E-state index in [1.165, 1.54) is 36.6 Å². The lowest BCUT2D eigenvalue weighted by Crippen LogP contribution is -2.20. The van der Waals surface area contributed by atoms with E-state index in [0.29, 0.717) is 6.04 Å². The van der Waals surface area contributed by atoms with E-state index in [0.717, 1.165) is 23.3 Å². The molecule has 104 valence electrons. The van der Waals surface area contributed by atoms with Crippen LogP contribution in [0.4, 0.5) is 0 Å². The van der Waals surface area contributed by atoms with Gasteiger partial charge in [-0.05, 0) is 55.3 Å². The zero-order valence-electron chi connectivity index (χ0n) is 12.0. The molecule has 2 nitrogen and oxygen atoms in total. The summed E-state index contributed by atoms with van der Waals surface area (Å²) in [6, 6.07) is 11.3. The van der Waals surface area contributed by atoms with Crippen LogP contribution in [-0.2, 0) is 0 Å². The summed E-state index contributed by atoms with van der Waals surface area (Å²) >= 11 is 0. The number of pyridine rings is 1. The fraction of sp³-hybridized carbons (Fsp3) is 0.500. The van der Waals surface area contributed by atoms with Crippen LogP contribution in [-0.4, -0.2) is 12.0 Å². The van der Waals surface area contributed by atoms with Crippen molar-refractivity contribution in [2.45, 2.75) is 31.7 Å². The van der Waals surface area contributed by atoms with E-state index in [-0.39, 0.29) is 0 Å². The molecule has 4 rings (SSSR count). The first-order valence-electron chi connectivity index (χ1n) is 7.91. The third-order valence-corrected chi connectivity index (χ3v) is 5.43. The standard InChI is InChI=1S/C18H22N2/c1-19-18(17-13-6-2-3-7-14(13)17)15-8-4-10-16-12(15)9-5-11-20-16/h4-5,8-11,13-14,17-19H,2-3,6-7H2,1H3. The van der Waals surface area contributed by atoms with Crippen LogP contribution < -0.4 is 5.32 Å². The largest absolute Gasteiger partial charge is 0.313 e. The van der Waals surface area contributed by atoms with Gasteiger partial charge in [0.05, 0.1) is 5.52 Å². The maximum absolute atomic E-state index is 4.50. The summed E-state index contributed by atoms with van der Waals surface area (Å²) in [6.07, 6.45) is 7.64. The van der Waals surface area contributed by atoms with Crippen LogP contribution in [0.5, 0.6) is 0 Å². The summed E-state index contributed by atoms with van der Waals surface area (Å²) in [5.74, 6) is 2.77. The van der Waals surface area contributed by atoms with Gasteiger partial charge < -0.3 is 5.32 Å². The van der Waals surface area contributed by atoms with Gasteiger partial charge in [0.1, 0.15) is 0 Å². The molecule has 1 aromatic heterocycles. The number of nitrogens with zero attached hydrogens (tertiary/aromatic N) is 1. The SMILES string of the molecule is CNC(c1cccc2ncccc12)C1C2CCCCC21. The average molecular weight is 266 g/mol. The van der Waals surface area contributed by atoms with Crippen molar-refractivity contribution in [1.29, 1.82) is 0 Å². The van der Waals surface area contributed by atoms with E-state index in [9.17, 15) is 0 Å². The quantitative estimate of drug-likeness (QED) is 0.910. The summed E-state index contributed by atoms with van der Waals surface area (Å²) in [4.78, 5) is 4.50. The van der Waals surface area contributed by atoms with Gasteiger partial charge in [-0.25, -0.2) is 0 Å². The van der Waals surface area contributed by atoms with Gasteiger partial charge in [-0.2, -0.15) is 0 Å². The summed E-state index contributed by atoms with van der Waals surface area (Å²) in [5.41, 5.74) is 2.56. The molecule has 20 heavy (non-hydrogen) atoms. The van der Waals surface area contributed by atoms with Crippen molar-refractivity contribution >= 4 is 10.9 Å². The van der Waals surface area contributed by atoms with Crippen LogP contribution in [0.2, 0.25) is 0 Å². The highest BCUT2D eigenvalue weighted by Gasteiger charge is 2.54. The molecule has 3 unspecified atom stereocenters. The number of aromatic nitrogens is 1. The minimum atomic E-state index is 0.496. The summed E-state index contributed by atoms with van der Waals surface area (Å²) < 4.78 is 0. The van der Waals surface area contributed by atoms with E-state index < -0.39 is 0 Å². The molecule has 3 atom stereocenters. The molecule has 2 fully saturated rings. The Hall–Kier alpha value is -1.41. The Morgan fingerprint density at radius 1 is 1.10 bits per heavy atom. The Balaban J connectivity index is 1.73. The molecule has 1 heterocycles. The molecule has 1 aromatic carbocycles. The summed E-state index contributed by atoms with van der Waals surface area (Å²) in [6.45, 7) is 0. The summed E-state index contributed by atoms with van der Waals surface area (Å²) in [5, 5.41) is 4.92. The van der Waals surface area contributed by atoms with Gasteiger partial charge in [0.2, 0.25) is 0 Å². The average Bonchev–Trinajstić information content (AvgIpc) is 3.23. The topological polar surface area (TPSA) is 24.9 Å². The molecule has 2 aliphatic rings. The monoisotopic (exact) mass is 266 g/mol. The van der Waals surface area contributed by atoms with Gasteiger partial charge in [0, 0.05) is 17.6 Å². The number of benzene rings is 1. The van der Waals surface area contributed by atoms with Crippen molar-refractivity contribution in [3.05, 3.63) is 42.1 Å². The second-order valence-corrected chi connectivity index (χ2v) is 6.37. The van der Waals surface area contributed by atoms with Crippen molar-refractivity contribution in [2.75, 3.05) is 7.05 Å². The molecule has 1 N–H and O–H groups in total. The number of hydrogen-bond donors (Lipinski definition) is 1. The molecule has 2 aromatic rings. The summed E-state index contributed by atoms with van der Waals surface area (Å²) in [7, 11) is 2.12. The molecular formula is C18H22N2. The predicted molar refractivity (Wildman–Crippen MR) is 82.5 cm³/mol. The number of hydrogen-bond acceptors (Lipinski definition) is 2. The second kappa shape index (κ2) is 4.85. The molecule has 0 bridgehead atoms. The van der Waals surface area contributed by atoms with Crippen LogP contribution in [0.25, 0.3) is 10.9 Å². The Morgan fingerprint density at radius 2 is 1.90 bits per heavy atom. The molecule has 2 saturated carbocycles. The highest BCUT2D eigenvalue weighted by atomic mass is 14.9. The van der Waals surface area contributed by atoms with Crippen molar-refractivity contribution < 1.29 is 0 Å². The molecule has 2 heteroatoms.